The molecule has 0 N–H and O–H groups in total. The minimum absolute atomic E-state index is 0.0639. The molecule has 0 aliphatic heterocycles. The van der Waals surface area contributed by atoms with Gasteiger partial charge in [-0.2, -0.15) is 0 Å². The van der Waals surface area contributed by atoms with E-state index in [0.29, 0.717) is 11.3 Å². The number of rotatable bonds is 3. The largest absolute Gasteiger partial charge is 0.292 e. The van der Waals surface area contributed by atoms with Crippen LogP contribution in [0.1, 0.15) is 27.2 Å². The van der Waals surface area contributed by atoms with Crippen LogP contribution in [0, 0.1) is 25.5 Å². The van der Waals surface area contributed by atoms with Crippen molar-refractivity contribution in [3.63, 3.8) is 0 Å². The van der Waals surface area contributed by atoms with Gasteiger partial charge in [0.2, 0.25) is 0 Å². The number of halogens is 2. The summed E-state index contributed by atoms with van der Waals surface area (Å²) in [7, 11) is 0. The van der Waals surface area contributed by atoms with Crippen LogP contribution in [0.2, 0.25) is 0 Å². The van der Waals surface area contributed by atoms with Crippen LogP contribution in [0.25, 0.3) is 0 Å². The monoisotopic (exact) mass is 261 g/mol. The summed E-state index contributed by atoms with van der Waals surface area (Å²) >= 11 is 0. The molecule has 0 spiro atoms. The molecule has 1 aromatic carbocycles. The fourth-order valence-electron chi connectivity index (χ4n) is 1.99. The van der Waals surface area contributed by atoms with Gasteiger partial charge in [-0.25, -0.2) is 8.78 Å². The molecule has 19 heavy (non-hydrogen) atoms. The maximum absolute atomic E-state index is 13.0. The summed E-state index contributed by atoms with van der Waals surface area (Å²) in [6.45, 7) is 3.68. The van der Waals surface area contributed by atoms with Crippen LogP contribution in [0.5, 0.6) is 0 Å². The smallest absolute Gasteiger partial charge is 0.185 e. The molecule has 0 saturated carbocycles. The van der Waals surface area contributed by atoms with Crippen molar-refractivity contribution in [1.82, 2.24) is 4.98 Å². The number of carbonyl (C=O) groups excluding carboxylic acids is 1. The third kappa shape index (κ3) is 3.22. The molecule has 0 fully saturated rings. The van der Waals surface area contributed by atoms with Crippen LogP contribution in [0.4, 0.5) is 8.78 Å². The highest BCUT2D eigenvalue weighted by atomic mass is 19.1. The van der Waals surface area contributed by atoms with Crippen molar-refractivity contribution in [3.8, 4) is 0 Å². The Morgan fingerprint density at radius 1 is 1.11 bits per heavy atom. The Balaban J connectivity index is 2.25. The number of ketones is 1. The average molecular weight is 261 g/mol. The molecule has 0 radical (unpaired) electrons. The van der Waals surface area contributed by atoms with Crippen LogP contribution in [0.3, 0.4) is 0 Å². The highest BCUT2D eigenvalue weighted by Crippen LogP contribution is 2.13. The van der Waals surface area contributed by atoms with E-state index in [2.05, 4.69) is 4.98 Å². The summed E-state index contributed by atoms with van der Waals surface area (Å²) in [5, 5.41) is 0. The molecule has 4 heteroatoms. The Hall–Kier alpha value is -2.10. The quantitative estimate of drug-likeness (QED) is 0.792. The number of nitrogens with zero attached hydrogens (tertiary/aromatic N) is 1. The fraction of sp³-hybridized carbons (Fsp3) is 0.200. The van der Waals surface area contributed by atoms with Gasteiger partial charge in [0.1, 0.15) is 17.3 Å². The summed E-state index contributed by atoms with van der Waals surface area (Å²) in [5.41, 5.74) is 2.38. The van der Waals surface area contributed by atoms with E-state index >= 15 is 0 Å². The van der Waals surface area contributed by atoms with Crippen molar-refractivity contribution >= 4 is 5.78 Å². The maximum atomic E-state index is 13.0. The molecule has 98 valence electrons. The van der Waals surface area contributed by atoms with Gasteiger partial charge in [0.25, 0.3) is 0 Å². The number of Topliss-reactive ketones (excluding diaryl/α,β-unsaturated/α-hetero) is 1. The number of carbonyl (C=O) groups is 1. The van der Waals surface area contributed by atoms with Gasteiger partial charge in [-0.1, -0.05) is 6.07 Å². The molecule has 2 aromatic rings. The lowest BCUT2D eigenvalue weighted by Gasteiger charge is -2.05. The van der Waals surface area contributed by atoms with Crippen LogP contribution < -0.4 is 0 Å². The first-order valence-electron chi connectivity index (χ1n) is 5.87. The van der Waals surface area contributed by atoms with E-state index in [1.165, 1.54) is 0 Å². The zero-order chi connectivity index (χ0) is 14.0. The summed E-state index contributed by atoms with van der Waals surface area (Å²) in [6, 6.07) is 4.95. The molecular weight excluding hydrogens is 248 g/mol. The fourth-order valence-corrected chi connectivity index (χ4v) is 1.99. The first-order valence-corrected chi connectivity index (χ1v) is 5.87. The maximum Gasteiger partial charge on any atom is 0.185 e. The standard InChI is InChI=1S/C15H13F2NO/c1-9-3-10(2)15(18-8-9)14(19)6-11-4-12(16)7-13(17)5-11/h3-5,7-8H,6H2,1-2H3. The number of aromatic nitrogens is 1. The second kappa shape index (κ2) is 5.26. The van der Waals surface area contributed by atoms with Gasteiger partial charge >= 0.3 is 0 Å². The van der Waals surface area contributed by atoms with Crippen LogP contribution in [-0.4, -0.2) is 10.8 Å². The van der Waals surface area contributed by atoms with E-state index in [-0.39, 0.29) is 12.2 Å². The number of benzene rings is 1. The van der Waals surface area contributed by atoms with Crippen molar-refractivity contribution in [2.24, 2.45) is 0 Å². The van der Waals surface area contributed by atoms with Gasteiger partial charge < -0.3 is 0 Å². The highest BCUT2D eigenvalue weighted by Gasteiger charge is 2.13. The predicted molar refractivity (Wildman–Crippen MR) is 68.1 cm³/mol. The van der Waals surface area contributed by atoms with Crippen LogP contribution in [-0.2, 0) is 6.42 Å². The van der Waals surface area contributed by atoms with Crippen LogP contribution >= 0.6 is 0 Å². The molecule has 0 unspecified atom stereocenters. The zero-order valence-electron chi connectivity index (χ0n) is 10.7. The lowest BCUT2D eigenvalue weighted by molar-refractivity contribution is 0.0987. The van der Waals surface area contributed by atoms with Crippen molar-refractivity contribution < 1.29 is 13.6 Å². The van der Waals surface area contributed by atoms with Gasteiger partial charge in [-0.05, 0) is 42.7 Å². The second-order valence-electron chi connectivity index (χ2n) is 4.56. The van der Waals surface area contributed by atoms with Crippen molar-refractivity contribution in [3.05, 3.63) is 64.5 Å². The molecule has 0 aliphatic carbocycles. The number of hydrogen-bond donors (Lipinski definition) is 0. The van der Waals surface area contributed by atoms with E-state index in [1.54, 1.807) is 13.1 Å². The average Bonchev–Trinajstić information content (AvgIpc) is 2.26. The van der Waals surface area contributed by atoms with Gasteiger partial charge in [-0.15, -0.1) is 0 Å². The zero-order valence-corrected chi connectivity index (χ0v) is 10.7. The molecule has 0 atom stereocenters. The van der Waals surface area contributed by atoms with E-state index in [9.17, 15) is 13.6 Å². The summed E-state index contributed by atoms with van der Waals surface area (Å²) < 4.78 is 26.1. The minimum atomic E-state index is -0.684. The molecule has 1 aromatic heterocycles. The molecule has 2 rings (SSSR count). The van der Waals surface area contributed by atoms with E-state index in [1.807, 2.05) is 13.0 Å². The normalized spacial score (nSPS) is 10.5. The van der Waals surface area contributed by atoms with Gasteiger partial charge in [0, 0.05) is 18.7 Å². The molecular formula is C15H13F2NO. The van der Waals surface area contributed by atoms with E-state index in [4.69, 9.17) is 0 Å². The first kappa shape index (κ1) is 13.3. The number of pyridine rings is 1. The number of hydrogen-bond acceptors (Lipinski definition) is 2. The van der Waals surface area contributed by atoms with Gasteiger partial charge in [0.05, 0.1) is 0 Å². The molecule has 1 heterocycles. The SMILES string of the molecule is Cc1cnc(C(=O)Cc2cc(F)cc(F)c2)c(C)c1. The van der Waals surface area contributed by atoms with Crippen LogP contribution in [0.15, 0.2) is 30.5 Å². The Labute approximate surface area is 110 Å². The topological polar surface area (TPSA) is 30.0 Å². The van der Waals surface area contributed by atoms with Gasteiger partial charge in [0.15, 0.2) is 5.78 Å². The highest BCUT2D eigenvalue weighted by molar-refractivity contribution is 5.97. The van der Waals surface area contributed by atoms with E-state index in [0.717, 1.165) is 29.3 Å². The first-order chi connectivity index (χ1) is 8.95. The molecule has 2 nitrogen and oxygen atoms in total. The Bertz CT molecular complexity index is 618. The summed E-state index contributed by atoms with van der Waals surface area (Å²) in [4.78, 5) is 16.1. The lowest BCUT2D eigenvalue weighted by atomic mass is 10.0. The Morgan fingerprint density at radius 3 is 2.32 bits per heavy atom. The predicted octanol–water partition coefficient (Wildman–Crippen LogP) is 3.40. The molecule has 0 bridgehead atoms. The van der Waals surface area contributed by atoms with Crippen molar-refractivity contribution in [1.29, 1.82) is 0 Å². The molecule has 0 amide bonds. The van der Waals surface area contributed by atoms with Crippen molar-refractivity contribution in [2.45, 2.75) is 20.3 Å². The van der Waals surface area contributed by atoms with E-state index < -0.39 is 11.6 Å². The van der Waals surface area contributed by atoms with Gasteiger partial charge in [-0.3, -0.25) is 9.78 Å². The minimum Gasteiger partial charge on any atom is -0.292 e. The Morgan fingerprint density at radius 2 is 1.74 bits per heavy atom. The third-order valence-electron chi connectivity index (χ3n) is 2.77. The lowest BCUT2D eigenvalue weighted by Crippen LogP contribution is -2.09. The van der Waals surface area contributed by atoms with Crippen molar-refractivity contribution in [2.75, 3.05) is 0 Å². The third-order valence-corrected chi connectivity index (χ3v) is 2.77. The summed E-state index contributed by atoms with van der Waals surface area (Å²) in [5.74, 6) is -1.62. The number of aryl methyl sites for hydroxylation is 2. The Kier molecular flexibility index (Phi) is 3.69. The molecule has 0 aliphatic rings. The second-order valence-corrected chi connectivity index (χ2v) is 4.56. The molecule has 0 saturated heterocycles. The summed E-state index contributed by atoms with van der Waals surface area (Å²) in [6.07, 6.45) is 1.54.